The van der Waals surface area contributed by atoms with E-state index < -0.39 is 11.9 Å². The highest BCUT2D eigenvalue weighted by Gasteiger charge is 2.47. The van der Waals surface area contributed by atoms with E-state index >= 15 is 0 Å². The van der Waals surface area contributed by atoms with E-state index in [0.29, 0.717) is 26.1 Å². The Morgan fingerprint density at radius 3 is 1.64 bits per heavy atom. The largest absolute Gasteiger partial charge is 1.00 e. The number of aliphatic carboxylic acids is 2. The van der Waals surface area contributed by atoms with Gasteiger partial charge in [-0.2, -0.15) is 9.15 Å². The van der Waals surface area contributed by atoms with Crippen molar-refractivity contribution in [1.29, 1.82) is 0 Å². The first-order valence-corrected chi connectivity index (χ1v) is 22.1. The normalized spacial score (nSPS) is 16.7. The highest BCUT2D eigenvalue weighted by molar-refractivity contribution is 6.08. The highest BCUT2D eigenvalue weighted by atomic mass is 79.9. The monoisotopic (exact) mass is 949 g/mol. The van der Waals surface area contributed by atoms with Crippen molar-refractivity contribution < 1.29 is 55.5 Å². The Morgan fingerprint density at radius 1 is 0.636 bits per heavy atom. The lowest BCUT2D eigenvalue weighted by atomic mass is 9.79. The number of carbonyl (C=O) groups excluding carboxylic acids is 1. The standard InChI is InChI=1S/C37H36N2O4.C18H19NO2.CH3.BrH/c1-36(2)31(38(21-20-33(41)42)29-18-16-25-10-5-7-12-27(25)34(29)36)14-9-15-32-37(3,4)35-28-13-8-6-11-26(28)17-19-30(35)39(32)22-23-43-24-40;1-12-18(2,3)17-14-7-5-4-6-13(14)8-9-15(17)19(12)11-10-16(20)21;;/h5-19,24H,20-23H2,1-4H3;4-9H,10-11H2,1-3H3;1H3;1H/q;;-1;/p+1. The van der Waals surface area contributed by atoms with Crippen LogP contribution in [0.15, 0.2) is 133 Å². The summed E-state index contributed by atoms with van der Waals surface area (Å²) < 4.78 is 9.46. The van der Waals surface area contributed by atoms with E-state index in [9.17, 15) is 19.5 Å². The summed E-state index contributed by atoms with van der Waals surface area (Å²) in [6.45, 7) is 17.7. The zero-order valence-corrected chi connectivity index (χ0v) is 40.8. The Morgan fingerprint density at radius 2 is 1.11 bits per heavy atom. The van der Waals surface area contributed by atoms with Crippen LogP contribution in [0.5, 0.6) is 0 Å². The van der Waals surface area contributed by atoms with Crippen LogP contribution in [-0.2, 0) is 35.4 Å². The Labute approximate surface area is 398 Å². The molecule has 9 nitrogen and oxygen atoms in total. The van der Waals surface area contributed by atoms with Crippen LogP contribution in [0.4, 0.5) is 17.1 Å². The second kappa shape index (κ2) is 19.2. The number of rotatable bonds is 12. The van der Waals surface area contributed by atoms with Crippen LogP contribution in [0.1, 0.15) is 78.0 Å². The quantitative estimate of drug-likeness (QED) is 0.0549. The van der Waals surface area contributed by atoms with Gasteiger partial charge in [0.1, 0.15) is 19.4 Å². The number of hydrogen-bond donors (Lipinski definition) is 2. The van der Waals surface area contributed by atoms with Crippen molar-refractivity contribution in [3.63, 3.8) is 0 Å². The lowest BCUT2D eigenvalue weighted by Gasteiger charge is -2.26. The van der Waals surface area contributed by atoms with E-state index in [0.717, 1.165) is 28.5 Å². The van der Waals surface area contributed by atoms with Gasteiger partial charge >= 0.3 is 11.9 Å². The summed E-state index contributed by atoms with van der Waals surface area (Å²) >= 11 is 0. The van der Waals surface area contributed by atoms with Crippen molar-refractivity contribution in [3.05, 3.63) is 157 Å². The van der Waals surface area contributed by atoms with Gasteiger partial charge in [0.05, 0.1) is 17.4 Å². The number of hydrogen-bond acceptors (Lipinski definition) is 5. The Hall–Kier alpha value is -6.39. The molecule has 0 unspecified atom stereocenters. The van der Waals surface area contributed by atoms with Crippen LogP contribution in [0.2, 0.25) is 0 Å². The van der Waals surface area contributed by atoms with Crippen molar-refractivity contribution in [2.75, 3.05) is 31.1 Å². The van der Waals surface area contributed by atoms with E-state index in [1.807, 2.05) is 6.07 Å². The number of carboxylic acids is 2. The van der Waals surface area contributed by atoms with Gasteiger partial charge in [0, 0.05) is 53.1 Å². The Kier molecular flexibility index (Phi) is 14.3. The predicted octanol–water partition coefficient (Wildman–Crippen LogP) is 8.42. The minimum atomic E-state index is -0.816. The minimum absolute atomic E-state index is 0. The SMILES string of the molecule is CC1(C)C(=CC=CC2=[N+](CCC(=O)O)c3ccc4ccccc4c3C2(C)C)N(CCOC=O)c2ccc3ccccc3c21.CC1=[N+](CCC(=O)O)c2ccc3ccccc3c2C1(C)C.[Br-].[CH3-]. The molecule has 0 fully saturated rings. The molecule has 0 amide bonds. The van der Waals surface area contributed by atoms with Crippen LogP contribution < -0.4 is 21.9 Å². The minimum Gasteiger partial charge on any atom is -1.00 e. The molecule has 0 bridgehead atoms. The van der Waals surface area contributed by atoms with Crippen LogP contribution in [0.25, 0.3) is 32.3 Å². The molecule has 9 rings (SSSR count). The van der Waals surface area contributed by atoms with Gasteiger partial charge in [-0.05, 0) is 89.9 Å². The first-order valence-electron chi connectivity index (χ1n) is 22.1. The van der Waals surface area contributed by atoms with E-state index in [4.69, 9.17) is 9.84 Å². The van der Waals surface area contributed by atoms with Gasteiger partial charge in [-0.1, -0.05) is 98.8 Å². The first-order chi connectivity index (χ1) is 30.6. The molecule has 3 aliphatic rings. The molecule has 0 radical (unpaired) electrons. The number of fused-ring (bicyclic) bond motifs is 9. The van der Waals surface area contributed by atoms with Gasteiger partial charge in [0.2, 0.25) is 11.4 Å². The number of carbonyl (C=O) groups is 3. The molecule has 6 aromatic rings. The lowest BCUT2D eigenvalue weighted by molar-refractivity contribution is -0.438. The summed E-state index contributed by atoms with van der Waals surface area (Å²) in [5.41, 5.74) is 9.78. The Bertz CT molecular complexity index is 3010. The third-order valence-corrected chi connectivity index (χ3v) is 13.7. The number of benzene rings is 6. The first kappa shape index (κ1) is 49.1. The molecule has 2 N–H and O–H groups in total. The summed E-state index contributed by atoms with van der Waals surface area (Å²) in [6.07, 6.45) is 6.59. The van der Waals surface area contributed by atoms with Crippen LogP contribution in [-0.4, -0.2) is 75.4 Å². The van der Waals surface area contributed by atoms with Crippen molar-refractivity contribution in [1.82, 2.24) is 0 Å². The average molecular weight is 951 g/mol. The Balaban J connectivity index is 0.000000264. The lowest BCUT2D eigenvalue weighted by Crippen LogP contribution is -3.00. The van der Waals surface area contributed by atoms with Crippen molar-refractivity contribution in [3.8, 4) is 0 Å². The van der Waals surface area contributed by atoms with Crippen molar-refractivity contribution >= 4 is 79.2 Å². The van der Waals surface area contributed by atoms with Crippen molar-refractivity contribution in [2.24, 2.45) is 0 Å². The molecule has 0 saturated heterocycles. The molecule has 66 heavy (non-hydrogen) atoms. The molecule has 0 spiro atoms. The summed E-state index contributed by atoms with van der Waals surface area (Å²) in [5.74, 6) is -1.57. The van der Waals surface area contributed by atoms with E-state index in [1.165, 1.54) is 54.7 Å². The van der Waals surface area contributed by atoms with Crippen LogP contribution in [0, 0.1) is 7.43 Å². The smallest absolute Gasteiger partial charge is 0.309 e. The maximum atomic E-state index is 11.7. The summed E-state index contributed by atoms with van der Waals surface area (Å²) in [6, 6.07) is 38.0. The maximum absolute atomic E-state index is 11.7. The molecule has 0 atom stereocenters. The van der Waals surface area contributed by atoms with E-state index in [2.05, 4.69) is 184 Å². The van der Waals surface area contributed by atoms with E-state index in [-0.39, 0.29) is 60.1 Å². The van der Waals surface area contributed by atoms with Gasteiger partial charge in [-0.15, -0.1) is 0 Å². The highest BCUT2D eigenvalue weighted by Crippen LogP contribution is 2.51. The van der Waals surface area contributed by atoms with Gasteiger partial charge in [0.25, 0.3) is 6.47 Å². The third kappa shape index (κ3) is 8.59. The summed E-state index contributed by atoms with van der Waals surface area (Å²) in [5, 5.41) is 25.8. The topological polar surface area (TPSA) is 110 Å². The van der Waals surface area contributed by atoms with Gasteiger partial charge in [-0.3, -0.25) is 14.4 Å². The molecule has 3 heterocycles. The van der Waals surface area contributed by atoms with Crippen LogP contribution >= 0.6 is 0 Å². The molecule has 0 aliphatic carbocycles. The number of allylic oxidation sites excluding steroid dienone is 4. The molecule has 3 aliphatic heterocycles. The molecule has 10 heteroatoms. The number of anilines is 1. The molecule has 0 saturated carbocycles. The summed E-state index contributed by atoms with van der Waals surface area (Å²) in [4.78, 5) is 35.8. The third-order valence-electron chi connectivity index (χ3n) is 13.7. The van der Waals surface area contributed by atoms with Gasteiger partial charge in [0.15, 0.2) is 24.5 Å². The molecular weight excluding hydrogens is 891 g/mol. The predicted molar refractivity (Wildman–Crippen MR) is 264 cm³/mol. The fraction of sp³-hybridized carbons (Fsp3) is 0.286. The number of carboxylic acid groups (broad SMARTS) is 2. The maximum Gasteiger partial charge on any atom is 0.309 e. The zero-order valence-electron chi connectivity index (χ0n) is 39.2. The second-order valence-electron chi connectivity index (χ2n) is 18.5. The average Bonchev–Trinajstić information content (AvgIpc) is 3.72. The number of ether oxygens (including phenoxy) is 1. The molecule has 0 aromatic heterocycles. The fourth-order valence-corrected chi connectivity index (χ4v) is 10.5. The van der Waals surface area contributed by atoms with Crippen LogP contribution in [0.3, 0.4) is 0 Å². The summed E-state index contributed by atoms with van der Waals surface area (Å²) in [7, 11) is 0. The number of halogens is 1. The van der Waals surface area contributed by atoms with Gasteiger partial charge in [-0.25, -0.2) is 0 Å². The zero-order chi connectivity index (χ0) is 45.6. The second-order valence-corrected chi connectivity index (χ2v) is 18.5. The number of nitrogens with zero attached hydrogens (tertiary/aromatic N) is 3. The molecular formula is C56H60BrN3O6. The molecule has 342 valence electrons. The molecule has 6 aromatic carbocycles. The van der Waals surface area contributed by atoms with Gasteiger partial charge < -0.3 is 44.3 Å². The fourth-order valence-electron chi connectivity index (χ4n) is 10.5. The van der Waals surface area contributed by atoms with E-state index in [1.54, 1.807) is 0 Å². The van der Waals surface area contributed by atoms with Crippen molar-refractivity contribution in [2.45, 2.75) is 77.6 Å².